The Morgan fingerprint density at radius 2 is 1.65 bits per heavy atom. The maximum absolute atomic E-state index is 11.9. The highest BCUT2D eigenvalue weighted by atomic mass is 16.5. The topological polar surface area (TPSA) is 76.4 Å². The molecule has 0 amide bonds. The summed E-state index contributed by atoms with van der Waals surface area (Å²) in [6, 6.07) is 9.85. The number of ether oxygens (including phenoxy) is 2. The van der Waals surface area contributed by atoms with Crippen molar-refractivity contribution in [2.75, 3.05) is 14.2 Å². The summed E-state index contributed by atoms with van der Waals surface area (Å²) in [5.41, 5.74) is 2.01. The summed E-state index contributed by atoms with van der Waals surface area (Å²) < 4.78 is 9.37. The Labute approximate surface area is 115 Å². The molecule has 100 valence electrons. The fraction of sp³-hybridized carbons (Fsp3) is 0.133. The van der Waals surface area contributed by atoms with Gasteiger partial charge in [-0.05, 0) is 23.8 Å². The van der Waals surface area contributed by atoms with Gasteiger partial charge in [-0.15, -0.1) is 0 Å². The fourth-order valence-electron chi connectivity index (χ4n) is 1.98. The van der Waals surface area contributed by atoms with Crippen LogP contribution in [0.1, 0.15) is 26.3 Å². The Morgan fingerprint density at radius 1 is 1.00 bits per heavy atom. The summed E-state index contributed by atoms with van der Waals surface area (Å²) in [4.78, 5) is 23.5. The van der Waals surface area contributed by atoms with Crippen LogP contribution in [0.25, 0.3) is 11.1 Å². The normalized spacial score (nSPS) is 9.85. The van der Waals surface area contributed by atoms with Gasteiger partial charge in [0.2, 0.25) is 0 Å². The molecule has 2 aliphatic carbocycles. The van der Waals surface area contributed by atoms with Crippen LogP contribution in [0.4, 0.5) is 0 Å². The maximum Gasteiger partial charge on any atom is 0.338 e. The number of esters is 2. The number of carbonyl (C=O) groups excluding carboxylic acids is 2. The van der Waals surface area contributed by atoms with Crippen molar-refractivity contribution >= 4 is 11.9 Å². The second-order valence-electron chi connectivity index (χ2n) is 4.02. The molecule has 5 nitrogen and oxygen atoms in total. The van der Waals surface area contributed by atoms with Crippen LogP contribution in [0.3, 0.4) is 0 Å². The first-order chi connectivity index (χ1) is 9.62. The summed E-state index contributed by atoms with van der Waals surface area (Å²) in [6.45, 7) is 0. The van der Waals surface area contributed by atoms with Crippen molar-refractivity contribution in [1.29, 1.82) is 5.26 Å². The lowest BCUT2D eigenvalue weighted by molar-refractivity contribution is 0.0600. The predicted octanol–water partition coefficient (Wildman–Crippen LogP) is 2.24. The van der Waals surface area contributed by atoms with Crippen molar-refractivity contribution in [3.05, 3.63) is 47.0 Å². The Morgan fingerprint density at radius 3 is 2.25 bits per heavy atom. The number of nitriles is 1. The van der Waals surface area contributed by atoms with Gasteiger partial charge in [-0.3, -0.25) is 0 Å². The summed E-state index contributed by atoms with van der Waals surface area (Å²) >= 11 is 0. The third kappa shape index (κ3) is 2.19. The third-order valence-electron chi connectivity index (χ3n) is 2.96. The van der Waals surface area contributed by atoms with Crippen molar-refractivity contribution in [1.82, 2.24) is 0 Å². The Hall–Kier alpha value is -2.87. The first-order valence-electron chi connectivity index (χ1n) is 5.76. The summed E-state index contributed by atoms with van der Waals surface area (Å²) in [7, 11) is 2.51. The van der Waals surface area contributed by atoms with Gasteiger partial charge < -0.3 is 9.47 Å². The van der Waals surface area contributed by atoms with Gasteiger partial charge >= 0.3 is 11.9 Å². The lowest BCUT2D eigenvalue weighted by Gasteiger charge is -2.02. The molecule has 0 aromatic rings. The van der Waals surface area contributed by atoms with Crippen LogP contribution in [0.2, 0.25) is 0 Å². The molecule has 0 aliphatic heterocycles. The molecule has 0 N–H and O–H groups in total. The second kappa shape index (κ2) is 5.41. The second-order valence-corrected chi connectivity index (χ2v) is 4.02. The first kappa shape index (κ1) is 13.6. The van der Waals surface area contributed by atoms with E-state index < -0.39 is 11.9 Å². The van der Waals surface area contributed by atoms with Crippen molar-refractivity contribution < 1.29 is 19.1 Å². The van der Waals surface area contributed by atoms with Gasteiger partial charge in [-0.2, -0.15) is 5.26 Å². The van der Waals surface area contributed by atoms with E-state index in [-0.39, 0.29) is 11.1 Å². The summed E-state index contributed by atoms with van der Waals surface area (Å²) in [5, 5.41) is 9.06. The number of carbonyl (C=O) groups is 2. The van der Waals surface area contributed by atoms with Gasteiger partial charge in [0.1, 0.15) is 0 Å². The molecule has 0 unspecified atom stereocenters. The molecule has 0 radical (unpaired) electrons. The van der Waals surface area contributed by atoms with E-state index in [4.69, 9.17) is 10.00 Å². The SMILES string of the molecule is COC(=O)c1ccc2c(C#N)ccc-2c(C(=O)OC)c1. The first-order valence-corrected chi connectivity index (χ1v) is 5.76. The number of hydrogen-bond donors (Lipinski definition) is 0. The van der Waals surface area contributed by atoms with E-state index in [1.165, 1.54) is 26.4 Å². The van der Waals surface area contributed by atoms with Crippen molar-refractivity contribution in [3.8, 4) is 17.2 Å². The molecule has 0 atom stereocenters. The fourth-order valence-corrected chi connectivity index (χ4v) is 1.98. The predicted molar refractivity (Wildman–Crippen MR) is 70.5 cm³/mol. The molecule has 0 saturated heterocycles. The Bertz CT molecular complexity index is 700. The minimum atomic E-state index is -0.577. The van der Waals surface area contributed by atoms with E-state index in [1.807, 2.05) is 6.07 Å². The van der Waals surface area contributed by atoms with Crippen LogP contribution in [0.15, 0.2) is 30.3 Å². The molecule has 20 heavy (non-hydrogen) atoms. The van der Waals surface area contributed by atoms with E-state index in [9.17, 15) is 9.59 Å². The minimum absolute atomic E-state index is 0.216. The maximum atomic E-state index is 11.9. The van der Waals surface area contributed by atoms with Gasteiger partial charge in [0.25, 0.3) is 0 Å². The largest absolute Gasteiger partial charge is 0.465 e. The van der Waals surface area contributed by atoms with E-state index >= 15 is 0 Å². The highest BCUT2D eigenvalue weighted by molar-refractivity contribution is 6.01. The Kier molecular flexibility index (Phi) is 3.67. The number of fused-ring (bicyclic) bond motifs is 1. The zero-order valence-corrected chi connectivity index (χ0v) is 11.0. The molecule has 0 fully saturated rings. The number of methoxy groups -OCH3 is 2. The molecule has 0 aromatic heterocycles. The van der Waals surface area contributed by atoms with Crippen molar-refractivity contribution in [2.24, 2.45) is 0 Å². The third-order valence-corrected chi connectivity index (χ3v) is 2.96. The molecule has 0 bridgehead atoms. The molecule has 2 rings (SSSR count). The van der Waals surface area contributed by atoms with Gasteiger partial charge in [0.15, 0.2) is 0 Å². The lowest BCUT2D eigenvalue weighted by Crippen LogP contribution is -2.04. The van der Waals surface area contributed by atoms with Crippen LogP contribution >= 0.6 is 0 Å². The molecule has 0 aromatic carbocycles. The zero-order valence-electron chi connectivity index (χ0n) is 11.0. The Balaban J connectivity index is 2.76. The smallest absolute Gasteiger partial charge is 0.338 e. The van der Waals surface area contributed by atoms with E-state index in [2.05, 4.69) is 4.74 Å². The van der Waals surface area contributed by atoms with Crippen LogP contribution < -0.4 is 0 Å². The van der Waals surface area contributed by atoms with Crippen LogP contribution in [-0.4, -0.2) is 26.2 Å². The quantitative estimate of drug-likeness (QED) is 0.781. The number of nitrogens with zero attached hydrogens (tertiary/aromatic N) is 1. The minimum Gasteiger partial charge on any atom is -0.465 e. The zero-order chi connectivity index (χ0) is 14.7. The standard InChI is InChI=1S/C15H11NO4/c1-19-14(17)9-3-5-11-10(8-16)4-6-12(11)13(7-9)15(18)20-2/h3-7H,1-2H3. The van der Waals surface area contributed by atoms with Gasteiger partial charge in [-0.25, -0.2) is 9.59 Å². The highest BCUT2D eigenvalue weighted by Gasteiger charge is 2.19. The van der Waals surface area contributed by atoms with Crippen LogP contribution in [-0.2, 0) is 9.47 Å². The van der Waals surface area contributed by atoms with E-state index in [1.54, 1.807) is 18.2 Å². The molecular formula is C15H11NO4. The average molecular weight is 269 g/mol. The molecule has 5 heteroatoms. The molecular weight excluding hydrogens is 258 g/mol. The average Bonchev–Trinajstić information content (AvgIpc) is 2.79. The molecule has 0 saturated carbocycles. The highest BCUT2D eigenvalue weighted by Crippen LogP contribution is 2.31. The number of rotatable bonds is 2. The van der Waals surface area contributed by atoms with Crippen molar-refractivity contribution in [3.63, 3.8) is 0 Å². The van der Waals surface area contributed by atoms with Crippen LogP contribution in [0, 0.1) is 11.3 Å². The lowest BCUT2D eigenvalue weighted by atomic mass is 10.1. The van der Waals surface area contributed by atoms with E-state index in [0.29, 0.717) is 16.7 Å². The molecule has 0 heterocycles. The molecule has 2 aliphatic rings. The summed E-state index contributed by atoms with van der Waals surface area (Å²) in [5.74, 6) is -1.14. The summed E-state index contributed by atoms with van der Waals surface area (Å²) in [6.07, 6.45) is 0. The number of hydrogen-bond acceptors (Lipinski definition) is 5. The van der Waals surface area contributed by atoms with E-state index in [0.717, 1.165) is 0 Å². The van der Waals surface area contributed by atoms with Gasteiger partial charge in [-0.1, -0.05) is 12.1 Å². The van der Waals surface area contributed by atoms with Crippen molar-refractivity contribution in [2.45, 2.75) is 0 Å². The molecule has 0 spiro atoms. The monoisotopic (exact) mass is 269 g/mol. The van der Waals surface area contributed by atoms with Crippen LogP contribution in [0.5, 0.6) is 0 Å². The van der Waals surface area contributed by atoms with Gasteiger partial charge in [0, 0.05) is 5.56 Å². The van der Waals surface area contributed by atoms with Gasteiger partial charge in [0.05, 0.1) is 37.0 Å².